The van der Waals surface area contributed by atoms with E-state index in [-0.39, 0.29) is 5.75 Å². The molecular formula is C10H9F3N2OS. The smallest absolute Gasteiger partial charge is 0.405 e. The maximum Gasteiger partial charge on any atom is 0.573 e. The number of nitrogens with two attached hydrogens (primary N) is 1. The number of anilines is 1. The first-order valence-corrected chi connectivity index (χ1v) is 5.65. The molecule has 0 saturated heterocycles. The summed E-state index contributed by atoms with van der Waals surface area (Å²) < 4.78 is 41.2. The molecule has 0 amide bonds. The van der Waals surface area contributed by atoms with Gasteiger partial charge in [-0.25, -0.2) is 4.98 Å². The quantitative estimate of drug-likeness (QED) is 0.903. The molecule has 0 atom stereocenters. The maximum absolute atomic E-state index is 12.2. The van der Waals surface area contributed by atoms with Gasteiger partial charge >= 0.3 is 6.36 Å². The lowest BCUT2D eigenvalue weighted by molar-refractivity contribution is -0.274. The molecule has 1 aromatic carbocycles. The van der Waals surface area contributed by atoms with Crippen LogP contribution in [0.5, 0.6) is 5.75 Å². The fraction of sp³-hybridized carbons (Fsp3) is 0.300. The van der Waals surface area contributed by atoms with Gasteiger partial charge in [-0.3, -0.25) is 0 Å². The van der Waals surface area contributed by atoms with Gasteiger partial charge in [0, 0.05) is 6.07 Å². The highest BCUT2D eigenvalue weighted by molar-refractivity contribution is 7.22. The van der Waals surface area contributed by atoms with Crippen LogP contribution in [0.1, 0.15) is 12.5 Å². The Kier molecular flexibility index (Phi) is 2.86. The molecule has 0 aliphatic heterocycles. The second-order valence-corrected chi connectivity index (χ2v) is 4.44. The molecule has 0 radical (unpaired) electrons. The third-order valence-corrected chi connectivity index (χ3v) is 3.04. The van der Waals surface area contributed by atoms with Crippen LogP contribution in [0, 0.1) is 0 Å². The zero-order valence-corrected chi connectivity index (χ0v) is 9.65. The summed E-state index contributed by atoms with van der Waals surface area (Å²) in [7, 11) is 0. The van der Waals surface area contributed by atoms with E-state index in [1.54, 1.807) is 13.0 Å². The van der Waals surface area contributed by atoms with E-state index in [0.717, 1.165) is 11.3 Å². The Hall–Kier alpha value is -1.50. The zero-order chi connectivity index (χ0) is 12.6. The number of hydrogen-bond acceptors (Lipinski definition) is 4. The molecule has 0 aliphatic carbocycles. The molecule has 0 fully saturated rings. The molecule has 2 N–H and O–H groups in total. The molecule has 7 heteroatoms. The van der Waals surface area contributed by atoms with Gasteiger partial charge in [-0.05, 0) is 18.1 Å². The summed E-state index contributed by atoms with van der Waals surface area (Å²) in [5.74, 6) is -0.184. The molecule has 0 bridgehead atoms. The van der Waals surface area contributed by atoms with Crippen LogP contribution in [0.15, 0.2) is 12.1 Å². The number of hydrogen-bond donors (Lipinski definition) is 1. The van der Waals surface area contributed by atoms with Crippen LogP contribution >= 0.6 is 11.3 Å². The molecule has 3 nitrogen and oxygen atoms in total. The van der Waals surface area contributed by atoms with Crippen LogP contribution in [0.4, 0.5) is 18.3 Å². The third kappa shape index (κ3) is 2.60. The molecule has 0 saturated carbocycles. The van der Waals surface area contributed by atoms with E-state index >= 15 is 0 Å². The first kappa shape index (κ1) is 12.0. The summed E-state index contributed by atoms with van der Waals surface area (Å²) in [4.78, 5) is 4.02. The van der Waals surface area contributed by atoms with Crippen LogP contribution in [-0.4, -0.2) is 11.3 Å². The highest BCUT2D eigenvalue weighted by atomic mass is 32.1. The minimum absolute atomic E-state index is 0.184. The average Bonchev–Trinajstić information content (AvgIpc) is 2.53. The van der Waals surface area contributed by atoms with Gasteiger partial charge in [0.1, 0.15) is 5.75 Å². The standard InChI is InChI=1S/C10H9F3N2OS/c1-2-5-3-6-8(17-9(14)15-6)4-7(5)16-10(11,12)13/h3-4H,2H2,1H3,(H2,14,15). The Balaban J connectivity index is 2.52. The summed E-state index contributed by atoms with van der Waals surface area (Å²) in [5, 5.41) is 0.325. The number of fused-ring (bicyclic) bond motifs is 1. The van der Waals surface area contributed by atoms with Crippen molar-refractivity contribution in [2.45, 2.75) is 19.7 Å². The molecule has 0 aliphatic rings. The van der Waals surface area contributed by atoms with Gasteiger partial charge in [0.2, 0.25) is 0 Å². The zero-order valence-electron chi connectivity index (χ0n) is 8.84. The van der Waals surface area contributed by atoms with Gasteiger partial charge in [0.15, 0.2) is 5.13 Å². The number of aryl methyl sites for hydroxylation is 1. The predicted molar refractivity (Wildman–Crippen MR) is 60.1 cm³/mol. The van der Waals surface area contributed by atoms with E-state index in [1.165, 1.54) is 6.07 Å². The molecule has 2 aromatic rings. The van der Waals surface area contributed by atoms with Crippen LogP contribution in [0.3, 0.4) is 0 Å². The number of rotatable bonds is 2. The fourth-order valence-corrected chi connectivity index (χ4v) is 2.26. The Labute approximate surface area is 99.0 Å². The minimum atomic E-state index is -4.69. The van der Waals surface area contributed by atoms with Crippen molar-refractivity contribution in [1.82, 2.24) is 4.98 Å². The average molecular weight is 262 g/mol. The minimum Gasteiger partial charge on any atom is -0.405 e. The first-order chi connectivity index (χ1) is 7.89. The van der Waals surface area contributed by atoms with E-state index < -0.39 is 6.36 Å². The van der Waals surface area contributed by atoms with Crippen molar-refractivity contribution in [1.29, 1.82) is 0 Å². The van der Waals surface area contributed by atoms with E-state index in [1.807, 2.05) is 0 Å². The monoisotopic (exact) mass is 262 g/mol. The Morgan fingerprint density at radius 2 is 2.12 bits per heavy atom. The third-order valence-electron chi connectivity index (χ3n) is 2.19. The summed E-state index contributed by atoms with van der Waals surface area (Å²) in [6, 6.07) is 2.90. The van der Waals surface area contributed by atoms with Crippen LogP contribution in [0.2, 0.25) is 0 Å². The van der Waals surface area contributed by atoms with E-state index in [0.29, 0.717) is 27.3 Å². The molecule has 17 heavy (non-hydrogen) atoms. The number of nitrogen functional groups attached to an aromatic ring is 1. The van der Waals surface area contributed by atoms with Crippen LogP contribution < -0.4 is 10.5 Å². The Bertz CT molecular complexity index is 550. The van der Waals surface area contributed by atoms with Crippen molar-refractivity contribution in [2.75, 3.05) is 5.73 Å². The lowest BCUT2D eigenvalue weighted by Gasteiger charge is -2.12. The summed E-state index contributed by atoms with van der Waals surface area (Å²) in [6.45, 7) is 1.75. The molecule has 2 rings (SSSR count). The second kappa shape index (κ2) is 4.06. The van der Waals surface area contributed by atoms with Crippen LogP contribution in [0.25, 0.3) is 10.2 Å². The fourth-order valence-electron chi connectivity index (χ4n) is 1.51. The lowest BCUT2D eigenvalue weighted by atomic mass is 10.1. The van der Waals surface area contributed by atoms with Gasteiger partial charge in [0.25, 0.3) is 0 Å². The highest BCUT2D eigenvalue weighted by Crippen LogP contribution is 2.34. The highest BCUT2D eigenvalue weighted by Gasteiger charge is 2.32. The number of alkyl halides is 3. The Morgan fingerprint density at radius 1 is 1.41 bits per heavy atom. The van der Waals surface area contributed by atoms with E-state index in [2.05, 4.69) is 9.72 Å². The topological polar surface area (TPSA) is 48.1 Å². The molecular weight excluding hydrogens is 253 g/mol. The van der Waals surface area contributed by atoms with Gasteiger partial charge < -0.3 is 10.5 Å². The molecule has 1 heterocycles. The van der Waals surface area contributed by atoms with Gasteiger partial charge in [-0.15, -0.1) is 13.2 Å². The van der Waals surface area contributed by atoms with Crippen molar-refractivity contribution in [3.8, 4) is 5.75 Å². The van der Waals surface area contributed by atoms with Crippen LogP contribution in [-0.2, 0) is 6.42 Å². The number of benzene rings is 1. The van der Waals surface area contributed by atoms with Crippen molar-refractivity contribution >= 4 is 26.7 Å². The molecule has 0 spiro atoms. The van der Waals surface area contributed by atoms with E-state index in [9.17, 15) is 13.2 Å². The number of aromatic nitrogens is 1. The van der Waals surface area contributed by atoms with Crippen molar-refractivity contribution in [2.24, 2.45) is 0 Å². The van der Waals surface area contributed by atoms with Gasteiger partial charge in [-0.1, -0.05) is 18.3 Å². The van der Waals surface area contributed by atoms with Crippen molar-refractivity contribution < 1.29 is 17.9 Å². The summed E-state index contributed by atoms with van der Waals surface area (Å²) in [6.07, 6.45) is -4.26. The first-order valence-electron chi connectivity index (χ1n) is 4.83. The number of thiazole rings is 1. The van der Waals surface area contributed by atoms with Crippen molar-refractivity contribution in [3.63, 3.8) is 0 Å². The second-order valence-electron chi connectivity index (χ2n) is 3.38. The largest absolute Gasteiger partial charge is 0.573 e. The number of ether oxygens (including phenoxy) is 1. The summed E-state index contributed by atoms with van der Waals surface area (Å²) >= 11 is 1.13. The predicted octanol–water partition coefficient (Wildman–Crippen LogP) is 3.34. The molecule has 0 unspecified atom stereocenters. The maximum atomic E-state index is 12.2. The SMILES string of the molecule is CCc1cc2nc(N)sc2cc1OC(F)(F)F. The van der Waals surface area contributed by atoms with Crippen molar-refractivity contribution in [3.05, 3.63) is 17.7 Å². The Morgan fingerprint density at radius 3 is 2.71 bits per heavy atom. The van der Waals surface area contributed by atoms with E-state index in [4.69, 9.17) is 5.73 Å². The normalized spacial score (nSPS) is 12.0. The number of halogens is 3. The summed E-state index contributed by atoms with van der Waals surface area (Å²) in [5.41, 5.74) is 6.56. The van der Waals surface area contributed by atoms with Gasteiger partial charge in [0.05, 0.1) is 10.2 Å². The molecule has 1 aromatic heterocycles. The van der Waals surface area contributed by atoms with Gasteiger partial charge in [-0.2, -0.15) is 0 Å². The lowest BCUT2D eigenvalue weighted by Crippen LogP contribution is -2.18. The molecule has 92 valence electrons. The number of nitrogens with zero attached hydrogens (tertiary/aromatic N) is 1.